The monoisotopic (exact) mass is 338 g/mol. The third-order valence-electron chi connectivity index (χ3n) is 4.05. The molecule has 122 valence electrons. The third-order valence-corrected chi connectivity index (χ3v) is 5.11. The molecule has 4 rings (SSSR count). The van der Waals surface area contributed by atoms with Crippen molar-refractivity contribution in [3.63, 3.8) is 0 Å². The van der Waals surface area contributed by atoms with Gasteiger partial charge in [-0.3, -0.25) is 4.79 Å². The number of benzene rings is 2. The van der Waals surface area contributed by atoms with Gasteiger partial charge in [-0.2, -0.15) is 0 Å². The predicted molar refractivity (Wildman–Crippen MR) is 95.4 cm³/mol. The summed E-state index contributed by atoms with van der Waals surface area (Å²) >= 11 is 1.69. The fourth-order valence-electron chi connectivity index (χ4n) is 2.57. The van der Waals surface area contributed by atoms with Crippen LogP contribution in [0.25, 0.3) is 10.8 Å². The van der Waals surface area contributed by atoms with E-state index in [1.165, 1.54) is 17.8 Å². The SMILES string of the molecule is O=C(COc1ccc2ccccc2c1)NCc1csc(C2CC2)n1. The minimum atomic E-state index is -0.135. The van der Waals surface area contributed by atoms with Crippen molar-refractivity contribution in [3.8, 4) is 5.75 Å². The third kappa shape index (κ3) is 3.57. The van der Waals surface area contributed by atoms with Gasteiger partial charge in [0.15, 0.2) is 6.61 Å². The van der Waals surface area contributed by atoms with Gasteiger partial charge in [0, 0.05) is 11.3 Å². The van der Waals surface area contributed by atoms with Crippen LogP contribution in [-0.4, -0.2) is 17.5 Å². The standard InChI is InChI=1S/C19H18N2O2S/c22-18(20-10-16-12-24-19(21-16)14-5-6-14)11-23-17-8-7-13-3-1-2-4-15(13)9-17/h1-4,7-9,12,14H,5-6,10-11H2,(H,20,22). The van der Waals surface area contributed by atoms with Crippen LogP contribution < -0.4 is 10.1 Å². The lowest BCUT2D eigenvalue weighted by Crippen LogP contribution is -2.28. The van der Waals surface area contributed by atoms with Gasteiger partial charge in [-0.15, -0.1) is 11.3 Å². The highest BCUT2D eigenvalue weighted by Gasteiger charge is 2.26. The average molecular weight is 338 g/mol. The van der Waals surface area contributed by atoms with Crippen molar-refractivity contribution < 1.29 is 9.53 Å². The summed E-state index contributed by atoms with van der Waals surface area (Å²) in [6.07, 6.45) is 2.50. The van der Waals surface area contributed by atoms with E-state index in [0.717, 1.165) is 16.5 Å². The van der Waals surface area contributed by atoms with Crippen LogP contribution in [0.2, 0.25) is 0 Å². The molecule has 1 aliphatic rings. The first-order chi connectivity index (χ1) is 11.8. The van der Waals surface area contributed by atoms with Crippen LogP contribution in [0.15, 0.2) is 47.8 Å². The number of carbonyl (C=O) groups is 1. The molecule has 0 unspecified atom stereocenters. The first-order valence-corrected chi connectivity index (χ1v) is 8.98. The van der Waals surface area contributed by atoms with Gasteiger partial charge < -0.3 is 10.1 Å². The summed E-state index contributed by atoms with van der Waals surface area (Å²) in [4.78, 5) is 16.5. The Labute approximate surface area is 144 Å². The minimum Gasteiger partial charge on any atom is -0.484 e. The lowest BCUT2D eigenvalue weighted by Gasteiger charge is -2.07. The number of thiazole rings is 1. The Hall–Kier alpha value is -2.40. The molecule has 2 aromatic carbocycles. The summed E-state index contributed by atoms with van der Waals surface area (Å²) < 4.78 is 5.59. The Kier molecular flexibility index (Phi) is 4.17. The molecule has 1 N–H and O–H groups in total. The Morgan fingerprint density at radius 1 is 1.21 bits per heavy atom. The number of amides is 1. The largest absolute Gasteiger partial charge is 0.484 e. The minimum absolute atomic E-state index is 0.0119. The summed E-state index contributed by atoms with van der Waals surface area (Å²) in [5.74, 6) is 1.23. The maximum Gasteiger partial charge on any atom is 0.258 e. The maximum absolute atomic E-state index is 11.9. The summed E-state index contributed by atoms with van der Waals surface area (Å²) in [6.45, 7) is 0.473. The molecule has 1 aromatic heterocycles. The highest BCUT2D eigenvalue weighted by Crippen LogP contribution is 2.41. The van der Waals surface area contributed by atoms with Gasteiger partial charge in [0.2, 0.25) is 0 Å². The second-order valence-corrected chi connectivity index (χ2v) is 6.92. The molecule has 0 spiro atoms. The quantitative estimate of drug-likeness (QED) is 0.742. The lowest BCUT2D eigenvalue weighted by molar-refractivity contribution is -0.123. The lowest BCUT2D eigenvalue weighted by atomic mass is 10.1. The van der Waals surface area contributed by atoms with Crippen molar-refractivity contribution in [3.05, 3.63) is 58.5 Å². The van der Waals surface area contributed by atoms with Crippen molar-refractivity contribution in [1.29, 1.82) is 0 Å². The first kappa shape index (κ1) is 15.1. The average Bonchev–Trinajstić information content (AvgIpc) is 3.36. The first-order valence-electron chi connectivity index (χ1n) is 8.10. The molecule has 3 aromatic rings. The van der Waals surface area contributed by atoms with Crippen molar-refractivity contribution >= 4 is 28.0 Å². The molecule has 0 atom stereocenters. The number of carbonyl (C=O) groups excluding carboxylic acids is 1. The molecular formula is C19H18N2O2S. The smallest absolute Gasteiger partial charge is 0.258 e. The fourth-order valence-corrected chi connectivity index (χ4v) is 3.56. The Morgan fingerprint density at radius 2 is 2.04 bits per heavy atom. The number of aromatic nitrogens is 1. The summed E-state index contributed by atoms with van der Waals surface area (Å²) in [5, 5.41) is 8.34. The van der Waals surface area contributed by atoms with Gasteiger partial charge in [-0.1, -0.05) is 30.3 Å². The Bertz CT molecular complexity index is 870. The summed E-state index contributed by atoms with van der Waals surface area (Å²) in [5.41, 5.74) is 0.931. The molecule has 5 heteroatoms. The molecule has 0 aliphatic heterocycles. The Balaban J connectivity index is 1.28. The van der Waals surface area contributed by atoms with E-state index in [2.05, 4.69) is 16.4 Å². The topological polar surface area (TPSA) is 51.2 Å². The highest BCUT2D eigenvalue weighted by atomic mass is 32.1. The normalized spacial score (nSPS) is 13.8. The van der Waals surface area contributed by atoms with E-state index in [-0.39, 0.29) is 12.5 Å². The van der Waals surface area contributed by atoms with Crippen LogP contribution >= 0.6 is 11.3 Å². The van der Waals surface area contributed by atoms with Crippen LogP contribution in [0, 0.1) is 0 Å². The number of nitrogens with zero attached hydrogens (tertiary/aromatic N) is 1. The second kappa shape index (κ2) is 6.61. The molecule has 1 amide bonds. The number of hydrogen-bond donors (Lipinski definition) is 1. The van der Waals surface area contributed by atoms with Crippen molar-refractivity contribution in [2.24, 2.45) is 0 Å². The van der Waals surface area contributed by atoms with Gasteiger partial charge in [0.1, 0.15) is 5.75 Å². The molecule has 4 nitrogen and oxygen atoms in total. The van der Waals surface area contributed by atoms with Crippen LogP contribution in [0.1, 0.15) is 29.5 Å². The zero-order chi connectivity index (χ0) is 16.4. The molecule has 0 saturated heterocycles. The zero-order valence-corrected chi connectivity index (χ0v) is 14.0. The molecule has 0 radical (unpaired) electrons. The Morgan fingerprint density at radius 3 is 2.88 bits per heavy atom. The van der Waals surface area contributed by atoms with Crippen LogP contribution in [-0.2, 0) is 11.3 Å². The fraction of sp³-hybridized carbons (Fsp3) is 0.263. The van der Waals surface area contributed by atoms with Crippen LogP contribution in [0.3, 0.4) is 0 Å². The van der Waals surface area contributed by atoms with Gasteiger partial charge >= 0.3 is 0 Å². The number of hydrogen-bond acceptors (Lipinski definition) is 4. The van der Waals surface area contributed by atoms with Gasteiger partial charge in [-0.05, 0) is 35.7 Å². The zero-order valence-electron chi connectivity index (χ0n) is 13.2. The molecule has 1 heterocycles. The number of fused-ring (bicyclic) bond motifs is 1. The number of nitrogens with one attached hydrogen (secondary N) is 1. The van der Waals surface area contributed by atoms with E-state index in [1.54, 1.807) is 11.3 Å². The summed E-state index contributed by atoms with van der Waals surface area (Å²) in [7, 11) is 0. The van der Waals surface area contributed by atoms with Crippen molar-refractivity contribution in [2.45, 2.75) is 25.3 Å². The number of ether oxygens (including phenoxy) is 1. The van der Waals surface area contributed by atoms with Crippen molar-refractivity contribution in [1.82, 2.24) is 10.3 Å². The molecule has 24 heavy (non-hydrogen) atoms. The van der Waals surface area contributed by atoms with Crippen molar-refractivity contribution in [2.75, 3.05) is 6.61 Å². The van der Waals surface area contributed by atoms with E-state index in [0.29, 0.717) is 18.2 Å². The van der Waals surface area contributed by atoms with Gasteiger partial charge in [0.05, 0.1) is 17.2 Å². The number of rotatable bonds is 6. The van der Waals surface area contributed by atoms with Crippen LogP contribution in [0.5, 0.6) is 5.75 Å². The molecule has 1 fully saturated rings. The molecular weight excluding hydrogens is 320 g/mol. The summed E-state index contributed by atoms with van der Waals surface area (Å²) in [6, 6.07) is 13.9. The highest BCUT2D eigenvalue weighted by molar-refractivity contribution is 7.09. The molecule has 1 aliphatic carbocycles. The molecule has 0 bridgehead atoms. The van der Waals surface area contributed by atoms with E-state index < -0.39 is 0 Å². The maximum atomic E-state index is 11.9. The van der Waals surface area contributed by atoms with E-state index in [1.807, 2.05) is 41.8 Å². The van der Waals surface area contributed by atoms with E-state index in [9.17, 15) is 4.79 Å². The second-order valence-electron chi connectivity index (χ2n) is 6.03. The van der Waals surface area contributed by atoms with Gasteiger partial charge in [-0.25, -0.2) is 4.98 Å². The van der Waals surface area contributed by atoms with E-state index >= 15 is 0 Å². The van der Waals surface area contributed by atoms with Crippen LogP contribution in [0.4, 0.5) is 0 Å². The molecule has 1 saturated carbocycles. The van der Waals surface area contributed by atoms with Gasteiger partial charge in [0.25, 0.3) is 5.91 Å². The van der Waals surface area contributed by atoms with E-state index in [4.69, 9.17) is 4.74 Å². The predicted octanol–water partition coefficient (Wildman–Crippen LogP) is 3.87.